The second-order valence-corrected chi connectivity index (χ2v) is 6.00. The highest BCUT2D eigenvalue weighted by Gasteiger charge is 2.11. The van der Waals surface area contributed by atoms with E-state index in [1.807, 2.05) is 38.4 Å². The zero-order chi connectivity index (χ0) is 15.2. The number of benzene rings is 1. The highest BCUT2D eigenvalue weighted by molar-refractivity contribution is 7.09. The number of aromatic nitrogens is 1. The zero-order valence-electron chi connectivity index (χ0n) is 13.1. The third kappa shape index (κ3) is 6.85. The van der Waals surface area contributed by atoms with E-state index in [0.29, 0.717) is 18.7 Å². The lowest BCUT2D eigenvalue weighted by atomic mass is 10.2. The van der Waals surface area contributed by atoms with Crippen molar-refractivity contribution in [3.8, 4) is 0 Å². The molecule has 23 heavy (non-hydrogen) atoms. The molecule has 1 amide bonds. The standard InChI is InChI=1S/C15H20N4OS.2ClH/c1-19(2)9-11-4-3-5-12(8-11)17-15(20)13-10-21-14(18-13)6-7-16;;/h3-5,8,10H,6-7,9,16H2,1-2H3,(H,17,20);2*1H. The van der Waals surface area contributed by atoms with E-state index in [4.69, 9.17) is 5.73 Å². The summed E-state index contributed by atoms with van der Waals surface area (Å²) >= 11 is 1.47. The molecule has 128 valence electrons. The van der Waals surface area contributed by atoms with Crippen LogP contribution in [-0.4, -0.2) is 36.4 Å². The lowest BCUT2D eigenvalue weighted by Gasteiger charge is -2.11. The maximum absolute atomic E-state index is 12.2. The first kappa shape index (κ1) is 21.8. The minimum absolute atomic E-state index is 0. The van der Waals surface area contributed by atoms with Crippen LogP contribution in [-0.2, 0) is 13.0 Å². The van der Waals surface area contributed by atoms with Crippen molar-refractivity contribution in [3.05, 3.63) is 45.9 Å². The number of carbonyl (C=O) groups excluding carboxylic acids is 1. The number of amides is 1. The molecule has 1 aromatic carbocycles. The Morgan fingerprint density at radius 3 is 2.74 bits per heavy atom. The van der Waals surface area contributed by atoms with Gasteiger partial charge in [0.25, 0.3) is 5.91 Å². The summed E-state index contributed by atoms with van der Waals surface area (Å²) in [5.41, 5.74) is 7.87. The lowest BCUT2D eigenvalue weighted by Crippen LogP contribution is -2.14. The van der Waals surface area contributed by atoms with Crippen LogP contribution in [0.1, 0.15) is 21.1 Å². The third-order valence-corrected chi connectivity index (χ3v) is 3.73. The number of thiazole rings is 1. The Morgan fingerprint density at radius 2 is 2.09 bits per heavy atom. The number of nitrogens with zero attached hydrogens (tertiary/aromatic N) is 2. The topological polar surface area (TPSA) is 71.2 Å². The van der Waals surface area contributed by atoms with Crippen molar-refractivity contribution in [2.24, 2.45) is 5.73 Å². The van der Waals surface area contributed by atoms with Gasteiger partial charge in [0, 0.05) is 24.0 Å². The second kappa shape index (κ2) is 10.6. The van der Waals surface area contributed by atoms with Gasteiger partial charge in [0.1, 0.15) is 5.69 Å². The average Bonchev–Trinajstić information content (AvgIpc) is 2.87. The van der Waals surface area contributed by atoms with Crippen LogP contribution < -0.4 is 11.1 Å². The molecule has 5 nitrogen and oxygen atoms in total. The predicted molar refractivity (Wildman–Crippen MR) is 101 cm³/mol. The molecule has 0 spiro atoms. The molecule has 0 radical (unpaired) electrons. The van der Waals surface area contributed by atoms with Crippen molar-refractivity contribution >= 4 is 47.7 Å². The van der Waals surface area contributed by atoms with Gasteiger partial charge < -0.3 is 16.0 Å². The van der Waals surface area contributed by atoms with E-state index in [1.165, 1.54) is 11.3 Å². The Balaban J connectivity index is 0.00000242. The van der Waals surface area contributed by atoms with Crippen LogP contribution in [0.2, 0.25) is 0 Å². The third-order valence-electron chi connectivity index (χ3n) is 2.83. The lowest BCUT2D eigenvalue weighted by molar-refractivity contribution is 0.102. The van der Waals surface area contributed by atoms with Crippen molar-refractivity contribution in [1.82, 2.24) is 9.88 Å². The number of anilines is 1. The normalized spacial score (nSPS) is 9.91. The highest BCUT2D eigenvalue weighted by Crippen LogP contribution is 2.15. The van der Waals surface area contributed by atoms with Crippen molar-refractivity contribution in [3.63, 3.8) is 0 Å². The van der Waals surface area contributed by atoms with Crippen LogP contribution in [0.3, 0.4) is 0 Å². The summed E-state index contributed by atoms with van der Waals surface area (Å²) in [6.45, 7) is 1.38. The van der Waals surface area contributed by atoms with Gasteiger partial charge in [-0.15, -0.1) is 36.2 Å². The summed E-state index contributed by atoms with van der Waals surface area (Å²) in [5.74, 6) is -0.184. The molecule has 0 aliphatic rings. The van der Waals surface area contributed by atoms with Crippen molar-refractivity contribution in [2.45, 2.75) is 13.0 Å². The minimum Gasteiger partial charge on any atom is -0.330 e. The molecule has 0 atom stereocenters. The molecule has 0 aliphatic carbocycles. The summed E-state index contributed by atoms with van der Waals surface area (Å²) in [5, 5.41) is 5.54. The van der Waals surface area contributed by atoms with Crippen molar-refractivity contribution in [1.29, 1.82) is 0 Å². The molecular formula is C15H22Cl2N4OS. The molecule has 8 heteroatoms. The minimum atomic E-state index is -0.184. The zero-order valence-corrected chi connectivity index (χ0v) is 15.6. The van der Waals surface area contributed by atoms with Crippen LogP contribution in [0, 0.1) is 0 Å². The number of nitrogens with one attached hydrogen (secondary N) is 1. The maximum Gasteiger partial charge on any atom is 0.275 e. The Labute approximate surface area is 153 Å². The number of hydrogen-bond donors (Lipinski definition) is 2. The molecule has 2 aromatic rings. The van der Waals surface area contributed by atoms with Gasteiger partial charge >= 0.3 is 0 Å². The fourth-order valence-corrected chi connectivity index (χ4v) is 2.76. The van der Waals surface area contributed by atoms with Gasteiger partial charge in [-0.25, -0.2) is 4.98 Å². The first-order valence-electron chi connectivity index (χ1n) is 6.78. The Bertz CT molecular complexity index is 619. The molecule has 1 aromatic heterocycles. The quantitative estimate of drug-likeness (QED) is 0.812. The Morgan fingerprint density at radius 1 is 1.35 bits per heavy atom. The molecule has 0 aliphatic heterocycles. The molecular weight excluding hydrogens is 355 g/mol. The van der Waals surface area contributed by atoms with E-state index in [1.54, 1.807) is 5.38 Å². The molecule has 0 unspecified atom stereocenters. The smallest absolute Gasteiger partial charge is 0.275 e. The van der Waals surface area contributed by atoms with E-state index < -0.39 is 0 Å². The second-order valence-electron chi connectivity index (χ2n) is 5.06. The van der Waals surface area contributed by atoms with Gasteiger partial charge in [-0.1, -0.05) is 12.1 Å². The van der Waals surface area contributed by atoms with E-state index in [2.05, 4.69) is 15.2 Å². The molecule has 3 N–H and O–H groups in total. The summed E-state index contributed by atoms with van der Waals surface area (Å²) in [4.78, 5) is 18.5. The Hall–Kier alpha value is -1.18. The number of halogens is 2. The summed E-state index contributed by atoms with van der Waals surface area (Å²) in [7, 11) is 4.03. The SMILES string of the molecule is CN(C)Cc1cccc(NC(=O)c2csc(CCN)n2)c1.Cl.Cl. The first-order chi connectivity index (χ1) is 10.1. The molecule has 0 fully saturated rings. The van der Waals surface area contributed by atoms with Crippen LogP contribution in [0.5, 0.6) is 0 Å². The summed E-state index contributed by atoms with van der Waals surface area (Å²) in [6.07, 6.45) is 0.705. The highest BCUT2D eigenvalue weighted by atomic mass is 35.5. The number of hydrogen-bond acceptors (Lipinski definition) is 5. The van der Waals surface area contributed by atoms with E-state index in [-0.39, 0.29) is 30.7 Å². The van der Waals surface area contributed by atoms with Crippen molar-refractivity contribution in [2.75, 3.05) is 26.0 Å². The number of carbonyl (C=O) groups is 1. The van der Waals surface area contributed by atoms with Crippen LogP contribution in [0.25, 0.3) is 0 Å². The summed E-state index contributed by atoms with van der Waals surface area (Å²) < 4.78 is 0. The molecule has 0 saturated heterocycles. The average molecular weight is 377 g/mol. The van der Waals surface area contributed by atoms with Gasteiger partial charge in [-0.2, -0.15) is 0 Å². The predicted octanol–water partition coefficient (Wildman–Crippen LogP) is 2.80. The van der Waals surface area contributed by atoms with Crippen LogP contribution in [0.15, 0.2) is 29.6 Å². The molecule has 2 rings (SSSR count). The van der Waals surface area contributed by atoms with E-state index in [9.17, 15) is 4.79 Å². The van der Waals surface area contributed by atoms with E-state index in [0.717, 1.165) is 22.8 Å². The Kier molecular flexibility index (Phi) is 10.0. The fraction of sp³-hybridized carbons (Fsp3) is 0.333. The fourth-order valence-electron chi connectivity index (χ4n) is 1.96. The van der Waals surface area contributed by atoms with Gasteiger partial charge in [0.15, 0.2) is 0 Å². The van der Waals surface area contributed by atoms with Crippen LogP contribution in [0.4, 0.5) is 5.69 Å². The molecule has 0 bridgehead atoms. The van der Waals surface area contributed by atoms with Gasteiger partial charge in [0.05, 0.1) is 5.01 Å². The summed E-state index contributed by atoms with van der Waals surface area (Å²) in [6, 6.07) is 7.84. The molecule has 1 heterocycles. The monoisotopic (exact) mass is 376 g/mol. The van der Waals surface area contributed by atoms with Crippen LogP contribution >= 0.6 is 36.2 Å². The largest absolute Gasteiger partial charge is 0.330 e. The number of nitrogens with two attached hydrogens (primary N) is 1. The molecule has 0 saturated carbocycles. The van der Waals surface area contributed by atoms with Crippen molar-refractivity contribution < 1.29 is 4.79 Å². The van der Waals surface area contributed by atoms with Gasteiger partial charge in [-0.05, 0) is 38.3 Å². The van der Waals surface area contributed by atoms with Gasteiger partial charge in [0.2, 0.25) is 0 Å². The first-order valence-corrected chi connectivity index (χ1v) is 7.66. The number of rotatable bonds is 6. The van der Waals surface area contributed by atoms with Gasteiger partial charge in [-0.3, -0.25) is 4.79 Å². The maximum atomic E-state index is 12.2. The van der Waals surface area contributed by atoms with E-state index >= 15 is 0 Å².